The van der Waals surface area contributed by atoms with Crippen molar-refractivity contribution in [2.45, 2.75) is 44.8 Å². The van der Waals surface area contributed by atoms with Crippen molar-refractivity contribution in [1.29, 1.82) is 0 Å². The van der Waals surface area contributed by atoms with E-state index in [2.05, 4.69) is 21.8 Å². The minimum absolute atomic E-state index is 0.734. The lowest BCUT2D eigenvalue weighted by atomic mass is 9.94. The fourth-order valence-electron chi connectivity index (χ4n) is 2.41. The number of aliphatic hydroxyl groups is 1. The number of imidazole rings is 1. The molecule has 1 aliphatic rings. The van der Waals surface area contributed by atoms with Crippen LogP contribution < -0.4 is 5.32 Å². The van der Waals surface area contributed by atoms with Crippen LogP contribution in [-0.4, -0.2) is 27.7 Å². The van der Waals surface area contributed by atoms with Crippen molar-refractivity contribution in [3.05, 3.63) is 18.2 Å². The highest BCUT2D eigenvalue weighted by molar-refractivity contribution is 5.06. The molecule has 0 aliphatic carbocycles. The van der Waals surface area contributed by atoms with Crippen molar-refractivity contribution in [3.8, 4) is 0 Å². The fraction of sp³-hybridized carbons (Fsp3) is 0.750. The first-order valence-electron chi connectivity index (χ1n) is 6.21. The number of nitrogens with one attached hydrogen (secondary N) is 1. The molecule has 0 aromatic carbocycles. The number of aromatic nitrogens is 2. The molecule has 2 heterocycles. The van der Waals surface area contributed by atoms with Crippen LogP contribution in [0.3, 0.4) is 0 Å². The second kappa shape index (κ2) is 4.97. The van der Waals surface area contributed by atoms with Crippen LogP contribution in [0.15, 0.2) is 12.4 Å². The van der Waals surface area contributed by atoms with Gasteiger partial charge >= 0.3 is 0 Å². The first-order chi connectivity index (χ1) is 7.76. The molecule has 4 heteroatoms. The molecule has 0 spiro atoms. The average Bonchev–Trinajstić information content (AvgIpc) is 2.62. The highest BCUT2D eigenvalue weighted by Crippen LogP contribution is 2.30. The van der Waals surface area contributed by atoms with Crippen LogP contribution in [0.1, 0.15) is 38.4 Å². The zero-order valence-electron chi connectivity index (χ0n) is 9.95. The van der Waals surface area contributed by atoms with Crippen molar-refractivity contribution in [1.82, 2.24) is 14.9 Å². The predicted octanol–water partition coefficient (Wildman–Crippen LogP) is 1.25. The molecule has 0 radical (unpaired) electrons. The molecule has 0 saturated carbocycles. The van der Waals surface area contributed by atoms with Crippen molar-refractivity contribution >= 4 is 0 Å². The molecule has 4 nitrogen and oxygen atoms in total. The summed E-state index contributed by atoms with van der Waals surface area (Å²) in [4.78, 5) is 4.36. The first kappa shape index (κ1) is 11.6. The first-order valence-corrected chi connectivity index (χ1v) is 6.21. The largest absolute Gasteiger partial charge is 0.382 e. The van der Waals surface area contributed by atoms with Gasteiger partial charge in [0.2, 0.25) is 0 Å². The molecule has 1 fully saturated rings. The van der Waals surface area contributed by atoms with Gasteiger partial charge in [0.05, 0.1) is 0 Å². The molecular weight excluding hydrogens is 202 g/mol. The standard InChI is InChI=1S/C12H21N3O/c1-2-9-15-10-8-14-11(15)12(16)4-3-6-13-7-5-12/h8,10,13,16H,2-7,9H2,1H3. The van der Waals surface area contributed by atoms with Crippen LogP contribution in [0.2, 0.25) is 0 Å². The van der Waals surface area contributed by atoms with Gasteiger partial charge in [-0.05, 0) is 38.8 Å². The van der Waals surface area contributed by atoms with Gasteiger partial charge in [-0.25, -0.2) is 4.98 Å². The summed E-state index contributed by atoms with van der Waals surface area (Å²) in [5, 5.41) is 14.0. The van der Waals surface area contributed by atoms with Gasteiger partial charge in [0.25, 0.3) is 0 Å². The maximum atomic E-state index is 10.7. The van der Waals surface area contributed by atoms with Gasteiger partial charge in [-0.2, -0.15) is 0 Å². The number of aryl methyl sites for hydroxylation is 1. The third kappa shape index (κ3) is 2.28. The Morgan fingerprint density at radius 1 is 1.50 bits per heavy atom. The lowest BCUT2D eigenvalue weighted by Crippen LogP contribution is -2.31. The SMILES string of the molecule is CCCn1ccnc1C1(O)CCCNCC1. The second-order valence-electron chi connectivity index (χ2n) is 4.58. The van der Waals surface area contributed by atoms with E-state index in [-0.39, 0.29) is 0 Å². The van der Waals surface area contributed by atoms with Gasteiger partial charge in [-0.1, -0.05) is 6.92 Å². The summed E-state index contributed by atoms with van der Waals surface area (Å²) in [7, 11) is 0. The van der Waals surface area contributed by atoms with Crippen LogP contribution in [-0.2, 0) is 12.1 Å². The highest BCUT2D eigenvalue weighted by atomic mass is 16.3. The number of nitrogens with zero attached hydrogens (tertiary/aromatic N) is 2. The quantitative estimate of drug-likeness (QED) is 0.811. The molecule has 90 valence electrons. The Labute approximate surface area is 96.7 Å². The smallest absolute Gasteiger partial charge is 0.140 e. The molecule has 0 amide bonds. The van der Waals surface area contributed by atoms with Crippen LogP contribution in [0.5, 0.6) is 0 Å². The lowest BCUT2D eigenvalue weighted by molar-refractivity contribution is 0.0116. The van der Waals surface area contributed by atoms with Gasteiger partial charge in [0.15, 0.2) is 0 Å². The average molecular weight is 223 g/mol. The summed E-state index contributed by atoms with van der Waals surface area (Å²) in [5.74, 6) is 0.845. The molecule has 2 rings (SSSR count). The molecule has 1 aromatic heterocycles. The van der Waals surface area contributed by atoms with E-state index in [1.807, 2.05) is 6.20 Å². The van der Waals surface area contributed by atoms with Gasteiger partial charge in [0, 0.05) is 18.9 Å². The Bertz CT molecular complexity index is 327. The highest BCUT2D eigenvalue weighted by Gasteiger charge is 2.33. The molecule has 1 unspecified atom stereocenters. The van der Waals surface area contributed by atoms with Crippen LogP contribution in [0, 0.1) is 0 Å². The maximum absolute atomic E-state index is 10.7. The van der Waals surface area contributed by atoms with E-state index in [4.69, 9.17) is 0 Å². The molecule has 1 saturated heterocycles. The van der Waals surface area contributed by atoms with Gasteiger partial charge < -0.3 is 15.0 Å². The van der Waals surface area contributed by atoms with E-state index < -0.39 is 5.60 Å². The molecule has 2 N–H and O–H groups in total. The molecule has 1 aromatic rings. The van der Waals surface area contributed by atoms with Gasteiger partial charge in [-0.15, -0.1) is 0 Å². The van der Waals surface area contributed by atoms with Crippen molar-refractivity contribution in [2.75, 3.05) is 13.1 Å². The number of hydrogen-bond donors (Lipinski definition) is 2. The summed E-state index contributed by atoms with van der Waals surface area (Å²) >= 11 is 0. The molecule has 16 heavy (non-hydrogen) atoms. The Hall–Kier alpha value is -0.870. The Kier molecular flexibility index (Phi) is 3.61. The van der Waals surface area contributed by atoms with Crippen molar-refractivity contribution < 1.29 is 5.11 Å². The van der Waals surface area contributed by atoms with E-state index in [9.17, 15) is 5.11 Å². The fourth-order valence-corrected chi connectivity index (χ4v) is 2.41. The third-order valence-corrected chi connectivity index (χ3v) is 3.26. The normalized spacial score (nSPS) is 26.6. The molecular formula is C12H21N3O. The van der Waals surface area contributed by atoms with Gasteiger partial charge in [0.1, 0.15) is 11.4 Å². The van der Waals surface area contributed by atoms with Crippen molar-refractivity contribution in [3.63, 3.8) is 0 Å². The van der Waals surface area contributed by atoms with E-state index in [1.165, 1.54) is 0 Å². The topological polar surface area (TPSA) is 50.1 Å². The predicted molar refractivity (Wildman–Crippen MR) is 63.1 cm³/mol. The zero-order chi connectivity index (χ0) is 11.4. The van der Waals surface area contributed by atoms with E-state index >= 15 is 0 Å². The monoisotopic (exact) mass is 223 g/mol. The molecule has 1 atom stereocenters. The van der Waals surface area contributed by atoms with Gasteiger partial charge in [-0.3, -0.25) is 0 Å². The number of hydrogen-bond acceptors (Lipinski definition) is 3. The van der Waals surface area contributed by atoms with Crippen LogP contribution >= 0.6 is 0 Å². The lowest BCUT2D eigenvalue weighted by Gasteiger charge is -2.26. The third-order valence-electron chi connectivity index (χ3n) is 3.26. The Morgan fingerprint density at radius 3 is 3.19 bits per heavy atom. The maximum Gasteiger partial charge on any atom is 0.140 e. The van der Waals surface area contributed by atoms with Crippen LogP contribution in [0.4, 0.5) is 0 Å². The van der Waals surface area contributed by atoms with Crippen LogP contribution in [0.25, 0.3) is 0 Å². The summed E-state index contributed by atoms with van der Waals surface area (Å²) < 4.78 is 2.09. The second-order valence-corrected chi connectivity index (χ2v) is 4.58. The van der Waals surface area contributed by atoms with E-state index in [1.54, 1.807) is 6.20 Å². The zero-order valence-corrected chi connectivity index (χ0v) is 9.95. The van der Waals surface area contributed by atoms with E-state index in [0.29, 0.717) is 0 Å². The van der Waals surface area contributed by atoms with Crippen molar-refractivity contribution in [2.24, 2.45) is 0 Å². The summed E-state index contributed by atoms with van der Waals surface area (Å²) in [6, 6.07) is 0. The Morgan fingerprint density at radius 2 is 2.38 bits per heavy atom. The number of rotatable bonds is 3. The molecule has 1 aliphatic heterocycles. The summed E-state index contributed by atoms with van der Waals surface area (Å²) in [5.41, 5.74) is -0.734. The minimum Gasteiger partial charge on any atom is -0.382 e. The minimum atomic E-state index is -0.734. The van der Waals surface area contributed by atoms with E-state index in [0.717, 1.165) is 51.1 Å². The summed E-state index contributed by atoms with van der Waals surface area (Å²) in [6.07, 6.45) is 7.40. The molecule has 0 bridgehead atoms. The Balaban J connectivity index is 2.22. The summed E-state index contributed by atoms with van der Waals surface area (Å²) in [6.45, 7) is 4.94.